The Morgan fingerprint density at radius 1 is 1.00 bits per heavy atom. The summed E-state index contributed by atoms with van der Waals surface area (Å²) in [6, 6.07) is 21.4. The molecule has 0 aliphatic heterocycles. The van der Waals surface area contributed by atoms with Gasteiger partial charge in [0.1, 0.15) is 5.52 Å². The number of aryl methyl sites for hydroxylation is 2. The number of carbonyl (C=O) groups is 1. The molecule has 0 aliphatic rings. The lowest BCUT2D eigenvalue weighted by Crippen LogP contribution is -2.15. The first-order chi connectivity index (χ1) is 13.1. The van der Waals surface area contributed by atoms with Gasteiger partial charge in [0, 0.05) is 11.3 Å². The summed E-state index contributed by atoms with van der Waals surface area (Å²) in [6.45, 7) is 4.04. The van der Waals surface area contributed by atoms with E-state index in [4.69, 9.17) is 4.42 Å². The maximum Gasteiger partial charge on any atom is 0.228 e. The number of benzene rings is 3. The molecule has 4 heteroatoms. The number of hydrogen-bond donors (Lipinski definition) is 1. The summed E-state index contributed by atoms with van der Waals surface area (Å²) in [7, 11) is 0. The number of anilines is 1. The summed E-state index contributed by atoms with van der Waals surface area (Å²) in [5.41, 5.74) is 6.42. The fraction of sp³-hybridized carbons (Fsp3) is 0.130. The van der Waals surface area contributed by atoms with Crippen molar-refractivity contribution in [3.8, 4) is 11.5 Å². The molecule has 0 fully saturated rings. The fourth-order valence-corrected chi connectivity index (χ4v) is 3.08. The highest BCUT2D eigenvalue weighted by Crippen LogP contribution is 2.26. The predicted molar refractivity (Wildman–Crippen MR) is 108 cm³/mol. The lowest BCUT2D eigenvalue weighted by molar-refractivity contribution is -0.115. The molecule has 27 heavy (non-hydrogen) atoms. The summed E-state index contributed by atoms with van der Waals surface area (Å²) in [4.78, 5) is 17.0. The minimum atomic E-state index is -0.0466. The lowest BCUT2D eigenvalue weighted by Gasteiger charge is -2.08. The molecule has 0 atom stereocenters. The zero-order chi connectivity index (χ0) is 18.8. The van der Waals surface area contributed by atoms with E-state index in [1.807, 2.05) is 80.6 Å². The molecule has 1 aromatic heterocycles. The standard InChI is InChI=1S/C23H20N2O2/c1-15-10-11-21-20(12-15)25-23(27-21)18-8-5-9-19(13-18)24-22(26)14-17-7-4-3-6-16(17)2/h3-13H,14H2,1-2H3,(H,24,26). The van der Waals surface area contributed by atoms with Gasteiger partial charge in [-0.15, -0.1) is 0 Å². The molecule has 134 valence electrons. The topological polar surface area (TPSA) is 55.1 Å². The van der Waals surface area contributed by atoms with Gasteiger partial charge in [-0.25, -0.2) is 4.98 Å². The van der Waals surface area contributed by atoms with Crippen LogP contribution in [0.2, 0.25) is 0 Å². The monoisotopic (exact) mass is 356 g/mol. The number of amides is 1. The van der Waals surface area contributed by atoms with Crippen LogP contribution in [0, 0.1) is 13.8 Å². The first-order valence-corrected chi connectivity index (χ1v) is 8.90. The van der Waals surface area contributed by atoms with Gasteiger partial charge >= 0.3 is 0 Å². The molecule has 0 saturated carbocycles. The highest BCUT2D eigenvalue weighted by atomic mass is 16.3. The minimum absolute atomic E-state index is 0.0466. The third kappa shape index (κ3) is 3.75. The number of nitrogens with zero attached hydrogens (tertiary/aromatic N) is 1. The first kappa shape index (κ1) is 17.0. The van der Waals surface area contributed by atoms with Gasteiger partial charge in [-0.2, -0.15) is 0 Å². The third-order valence-corrected chi connectivity index (χ3v) is 4.55. The fourth-order valence-electron chi connectivity index (χ4n) is 3.08. The van der Waals surface area contributed by atoms with Gasteiger partial charge in [-0.1, -0.05) is 36.4 Å². The largest absolute Gasteiger partial charge is 0.436 e. The normalized spacial score (nSPS) is 10.9. The minimum Gasteiger partial charge on any atom is -0.436 e. The SMILES string of the molecule is Cc1ccc2oc(-c3cccc(NC(=O)Cc4ccccc4C)c3)nc2c1. The van der Waals surface area contributed by atoms with E-state index in [2.05, 4.69) is 10.3 Å². The molecule has 4 aromatic rings. The molecule has 1 heterocycles. The van der Waals surface area contributed by atoms with Crippen molar-refractivity contribution in [3.05, 3.63) is 83.4 Å². The van der Waals surface area contributed by atoms with Crippen molar-refractivity contribution < 1.29 is 9.21 Å². The number of fused-ring (bicyclic) bond motifs is 1. The van der Waals surface area contributed by atoms with Crippen LogP contribution in [0.25, 0.3) is 22.6 Å². The quantitative estimate of drug-likeness (QED) is 0.540. The highest BCUT2D eigenvalue weighted by molar-refractivity contribution is 5.93. The van der Waals surface area contributed by atoms with Crippen LogP contribution < -0.4 is 5.32 Å². The van der Waals surface area contributed by atoms with Gasteiger partial charge < -0.3 is 9.73 Å². The Balaban J connectivity index is 1.55. The van der Waals surface area contributed by atoms with Gasteiger partial charge in [-0.05, 0) is 60.9 Å². The van der Waals surface area contributed by atoms with Crippen molar-refractivity contribution in [2.75, 3.05) is 5.32 Å². The van der Waals surface area contributed by atoms with Crippen LogP contribution in [0.5, 0.6) is 0 Å². The second-order valence-corrected chi connectivity index (χ2v) is 6.72. The maximum absolute atomic E-state index is 12.4. The van der Waals surface area contributed by atoms with Crippen LogP contribution >= 0.6 is 0 Å². The molecule has 0 spiro atoms. The van der Waals surface area contributed by atoms with E-state index >= 15 is 0 Å². The van der Waals surface area contributed by atoms with Crippen LogP contribution in [-0.4, -0.2) is 10.9 Å². The number of oxazole rings is 1. The molecular weight excluding hydrogens is 336 g/mol. The first-order valence-electron chi connectivity index (χ1n) is 8.90. The molecule has 4 nitrogen and oxygen atoms in total. The Bertz CT molecular complexity index is 1130. The van der Waals surface area contributed by atoms with Crippen LogP contribution in [0.1, 0.15) is 16.7 Å². The van der Waals surface area contributed by atoms with E-state index in [1.54, 1.807) is 0 Å². The smallest absolute Gasteiger partial charge is 0.228 e. The van der Waals surface area contributed by atoms with E-state index < -0.39 is 0 Å². The Morgan fingerprint density at radius 3 is 2.70 bits per heavy atom. The lowest BCUT2D eigenvalue weighted by atomic mass is 10.1. The summed E-state index contributed by atoms with van der Waals surface area (Å²) in [5, 5.41) is 2.96. The average molecular weight is 356 g/mol. The van der Waals surface area contributed by atoms with Gasteiger partial charge in [0.15, 0.2) is 5.58 Å². The summed E-state index contributed by atoms with van der Waals surface area (Å²) in [6.07, 6.45) is 0.346. The molecule has 0 unspecified atom stereocenters. The Morgan fingerprint density at radius 2 is 1.85 bits per heavy atom. The molecule has 3 aromatic carbocycles. The van der Waals surface area contributed by atoms with E-state index in [1.165, 1.54) is 0 Å². The molecule has 0 aliphatic carbocycles. The van der Waals surface area contributed by atoms with Crippen molar-refractivity contribution in [1.82, 2.24) is 4.98 Å². The number of rotatable bonds is 4. The summed E-state index contributed by atoms with van der Waals surface area (Å²) < 4.78 is 5.86. The Labute approximate surface area is 157 Å². The zero-order valence-electron chi connectivity index (χ0n) is 15.3. The van der Waals surface area contributed by atoms with E-state index in [-0.39, 0.29) is 5.91 Å². The van der Waals surface area contributed by atoms with E-state index in [0.717, 1.165) is 39.0 Å². The summed E-state index contributed by atoms with van der Waals surface area (Å²) in [5.74, 6) is 0.500. The van der Waals surface area contributed by atoms with Crippen molar-refractivity contribution in [2.45, 2.75) is 20.3 Å². The molecule has 0 radical (unpaired) electrons. The van der Waals surface area contributed by atoms with Gasteiger partial charge in [0.05, 0.1) is 6.42 Å². The van der Waals surface area contributed by atoms with Crippen molar-refractivity contribution >= 4 is 22.7 Å². The molecule has 4 rings (SSSR count). The predicted octanol–water partition coefficient (Wildman–Crippen LogP) is 5.29. The van der Waals surface area contributed by atoms with Gasteiger partial charge in [-0.3, -0.25) is 4.79 Å². The Kier molecular flexibility index (Phi) is 4.47. The van der Waals surface area contributed by atoms with E-state index in [9.17, 15) is 4.79 Å². The van der Waals surface area contributed by atoms with Crippen LogP contribution in [0.3, 0.4) is 0 Å². The average Bonchev–Trinajstić information content (AvgIpc) is 3.07. The van der Waals surface area contributed by atoms with Crippen molar-refractivity contribution in [3.63, 3.8) is 0 Å². The number of aromatic nitrogens is 1. The van der Waals surface area contributed by atoms with Gasteiger partial charge in [0.2, 0.25) is 11.8 Å². The summed E-state index contributed by atoms with van der Waals surface area (Å²) >= 11 is 0. The Hall–Kier alpha value is -3.40. The van der Waals surface area contributed by atoms with Crippen molar-refractivity contribution in [2.24, 2.45) is 0 Å². The van der Waals surface area contributed by atoms with E-state index in [0.29, 0.717) is 12.3 Å². The number of hydrogen-bond acceptors (Lipinski definition) is 3. The third-order valence-electron chi connectivity index (χ3n) is 4.55. The van der Waals surface area contributed by atoms with Crippen LogP contribution in [0.15, 0.2) is 71.1 Å². The molecule has 0 saturated heterocycles. The van der Waals surface area contributed by atoms with Crippen LogP contribution in [0.4, 0.5) is 5.69 Å². The highest BCUT2D eigenvalue weighted by Gasteiger charge is 2.11. The van der Waals surface area contributed by atoms with Gasteiger partial charge in [0.25, 0.3) is 0 Å². The molecule has 0 bridgehead atoms. The maximum atomic E-state index is 12.4. The second kappa shape index (κ2) is 7.08. The molecule has 1 amide bonds. The number of carbonyl (C=O) groups excluding carboxylic acids is 1. The number of nitrogens with one attached hydrogen (secondary N) is 1. The zero-order valence-corrected chi connectivity index (χ0v) is 15.3. The van der Waals surface area contributed by atoms with Crippen LogP contribution in [-0.2, 0) is 11.2 Å². The molecular formula is C23H20N2O2. The second-order valence-electron chi connectivity index (χ2n) is 6.72. The van der Waals surface area contributed by atoms with Crippen molar-refractivity contribution in [1.29, 1.82) is 0 Å². The molecule has 1 N–H and O–H groups in total.